The summed E-state index contributed by atoms with van der Waals surface area (Å²) in [5, 5.41) is 10.7. The van der Waals surface area contributed by atoms with Gasteiger partial charge in [-0.15, -0.1) is 0 Å². The number of benzene rings is 1. The molecule has 1 saturated heterocycles. The molecule has 0 bridgehead atoms. The maximum Gasteiger partial charge on any atom is 0.407 e. The number of fused-ring (bicyclic) bond motifs is 1. The van der Waals surface area contributed by atoms with Crippen molar-refractivity contribution in [3.63, 3.8) is 0 Å². The molecule has 0 aliphatic carbocycles. The summed E-state index contributed by atoms with van der Waals surface area (Å²) in [6.07, 6.45) is 1.98. The first-order chi connectivity index (χ1) is 13.4. The zero-order valence-electron chi connectivity index (χ0n) is 18.0. The summed E-state index contributed by atoms with van der Waals surface area (Å²) >= 11 is 9.93. The Morgan fingerprint density at radius 1 is 1.38 bits per heavy atom. The van der Waals surface area contributed by atoms with Gasteiger partial charge in [-0.2, -0.15) is 0 Å². The molecule has 2 atom stereocenters. The van der Waals surface area contributed by atoms with E-state index in [-0.39, 0.29) is 17.1 Å². The number of nitrogens with zero attached hydrogens (tertiary/aromatic N) is 2. The Hall–Kier alpha value is -0.763. The number of aryl methyl sites for hydroxylation is 1. The molecule has 1 N–H and O–H groups in total. The minimum Gasteiger partial charge on any atom is -0.465 e. The zero-order valence-corrected chi connectivity index (χ0v) is 21.3. The molecule has 2 aliphatic heterocycles. The Balaban J connectivity index is 1.79. The first-order valence-electron chi connectivity index (χ1n) is 10.3. The lowest BCUT2D eigenvalue weighted by Crippen LogP contribution is -2.45. The third-order valence-electron chi connectivity index (χ3n) is 6.76. The van der Waals surface area contributed by atoms with Crippen molar-refractivity contribution in [2.24, 2.45) is 0 Å². The molecule has 1 fully saturated rings. The first-order valence-corrected chi connectivity index (χ1v) is 14.4. The van der Waals surface area contributed by atoms with Crippen LogP contribution in [0.15, 0.2) is 16.6 Å². The van der Waals surface area contributed by atoms with Crippen molar-refractivity contribution < 1.29 is 14.3 Å². The fourth-order valence-electron chi connectivity index (χ4n) is 4.08. The fourth-order valence-corrected chi connectivity index (χ4v) is 6.22. The zero-order chi connectivity index (χ0) is 21.6. The summed E-state index contributed by atoms with van der Waals surface area (Å²) in [4.78, 5) is 15.9. The average molecular weight is 504 g/mol. The molecule has 5 nitrogen and oxygen atoms in total. The van der Waals surface area contributed by atoms with E-state index in [9.17, 15) is 9.90 Å². The van der Waals surface area contributed by atoms with E-state index in [4.69, 9.17) is 16.0 Å². The van der Waals surface area contributed by atoms with Crippen molar-refractivity contribution in [3.8, 4) is 0 Å². The van der Waals surface area contributed by atoms with Crippen LogP contribution in [0.25, 0.3) is 0 Å². The van der Waals surface area contributed by atoms with Crippen molar-refractivity contribution in [1.82, 2.24) is 4.90 Å². The van der Waals surface area contributed by atoms with Gasteiger partial charge in [0, 0.05) is 28.6 Å². The van der Waals surface area contributed by atoms with E-state index >= 15 is 0 Å². The monoisotopic (exact) mass is 502 g/mol. The molecule has 2 aliphatic rings. The summed E-state index contributed by atoms with van der Waals surface area (Å²) in [7, 11) is -1.93. The lowest BCUT2D eigenvalue weighted by molar-refractivity contribution is 0.120. The topological polar surface area (TPSA) is 53.0 Å². The second kappa shape index (κ2) is 8.40. The maximum absolute atomic E-state index is 12.0. The van der Waals surface area contributed by atoms with Gasteiger partial charge in [0.25, 0.3) is 0 Å². The Kier molecular flexibility index (Phi) is 6.64. The number of hydrogen-bond donors (Lipinski definition) is 1. The average Bonchev–Trinajstić information content (AvgIpc) is 3.02. The standard InChI is InChI=1S/C21H32BrClN2O3Si/c1-21(2,3)29(4,5)28-13-17-11-16(12-25(17)20(26)27)24-8-6-7-14-9-15(23)10-18(22)19(14)24/h9-10,16-17H,6-8,11-13H2,1-5H3,(H,26,27). The quantitative estimate of drug-likeness (QED) is 0.512. The molecule has 0 radical (unpaired) electrons. The van der Waals surface area contributed by atoms with Crippen LogP contribution in [0.4, 0.5) is 10.5 Å². The molecule has 0 saturated carbocycles. The van der Waals surface area contributed by atoms with E-state index in [2.05, 4.69) is 54.7 Å². The smallest absolute Gasteiger partial charge is 0.407 e. The Morgan fingerprint density at radius 3 is 2.69 bits per heavy atom. The predicted octanol–water partition coefficient (Wildman–Crippen LogP) is 6.00. The number of likely N-dealkylation sites (tertiary alicyclic amines) is 1. The summed E-state index contributed by atoms with van der Waals surface area (Å²) in [5.74, 6) is 0. The van der Waals surface area contributed by atoms with Crippen LogP contribution < -0.4 is 4.90 Å². The predicted molar refractivity (Wildman–Crippen MR) is 125 cm³/mol. The van der Waals surface area contributed by atoms with Gasteiger partial charge in [-0.3, -0.25) is 0 Å². The third-order valence-corrected chi connectivity index (χ3v) is 12.1. The number of rotatable bonds is 4. The molecule has 2 unspecified atom stereocenters. The molecular weight excluding hydrogens is 472 g/mol. The van der Waals surface area contributed by atoms with Gasteiger partial charge in [-0.1, -0.05) is 32.4 Å². The Morgan fingerprint density at radius 2 is 2.07 bits per heavy atom. The van der Waals surface area contributed by atoms with Crippen LogP contribution in [0.3, 0.4) is 0 Å². The molecule has 8 heteroatoms. The van der Waals surface area contributed by atoms with Crippen LogP contribution in [0.1, 0.15) is 39.2 Å². The van der Waals surface area contributed by atoms with Crippen molar-refractivity contribution in [3.05, 3.63) is 27.2 Å². The van der Waals surface area contributed by atoms with Crippen molar-refractivity contribution >= 4 is 47.6 Å². The largest absolute Gasteiger partial charge is 0.465 e. The van der Waals surface area contributed by atoms with Crippen LogP contribution >= 0.6 is 27.5 Å². The normalized spacial score (nSPS) is 22.7. The molecule has 0 spiro atoms. The van der Waals surface area contributed by atoms with E-state index in [0.717, 1.165) is 35.3 Å². The highest BCUT2D eigenvalue weighted by molar-refractivity contribution is 9.10. The Labute approximate surface area is 188 Å². The number of anilines is 1. The first kappa shape index (κ1) is 22.9. The van der Waals surface area contributed by atoms with E-state index < -0.39 is 14.4 Å². The summed E-state index contributed by atoms with van der Waals surface area (Å²) < 4.78 is 7.38. The van der Waals surface area contributed by atoms with Gasteiger partial charge in [-0.05, 0) is 71.0 Å². The van der Waals surface area contributed by atoms with Crippen LogP contribution in [0.2, 0.25) is 23.2 Å². The van der Waals surface area contributed by atoms with Gasteiger partial charge in [0.05, 0.1) is 18.3 Å². The highest BCUT2D eigenvalue weighted by Crippen LogP contribution is 2.41. The van der Waals surface area contributed by atoms with Crippen LogP contribution in [0, 0.1) is 0 Å². The third kappa shape index (κ3) is 4.78. The second-order valence-electron chi connectivity index (χ2n) is 9.74. The lowest BCUT2D eigenvalue weighted by atomic mass is 9.99. The maximum atomic E-state index is 12.0. The van der Waals surface area contributed by atoms with Crippen LogP contribution in [-0.2, 0) is 10.8 Å². The minimum absolute atomic E-state index is 0.106. The van der Waals surface area contributed by atoms with Gasteiger partial charge in [0.2, 0.25) is 0 Å². The lowest BCUT2D eigenvalue weighted by Gasteiger charge is -2.38. The van der Waals surface area contributed by atoms with E-state index in [0.29, 0.717) is 13.2 Å². The summed E-state index contributed by atoms with van der Waals surface area (Å²) in [6, 6.07) is 4.01. The van der Waals surface area contributed by atoms with Gasteiger partial charge < -0.3 is 19.3 Å². The molecule has 1 amide bonds. The Bertz CT molecular complexity index is 784. The molecular formula is C21H32BrClN2O3Si. The highest BCUT2D eigenvalue weighted by Gasteiger charge is 2.43. The summed E-state index contributed by atoms with van der Waals surface area (Å²) in [6.45, 7) is 13.0. The molecule has 3 rings (SSSR count). The molecule has 0 aromatic heterocycles. The van der Waals surface area contributed by atoms with Crippen LogP contribution in [0.5, 0.6) is 0 Å². The van der Waals surface area contributed by atoms with Crippen LogP contribution in [-0.4, -0.2) is 56.2 Å². The molecule has 29 heavy (non-hydrogen) atoms. The van der Waals surface area contributed by atoms with Crippen molar-refractivity contribution in [1.29, 1.82) is 0 Å². The SMILES string of the molecule is CC(C)(C)[Si](C)(C)OCC1CC(N2CCCc3cc(Cl)cc(Br)c32)CN1C(=O)O. The number of carboxylic acid groups (broad SMARTS) is 1. The van der Waals surface area contributed by atoms with Crippen molar-refractivity contribution in [2.45, 2.75) is 70.2 Å². The number of hydrogen-bond acceptors (Lipinski definition) is 3. The summed E-state index contributed by atoms with van der Waals surface area (Å²) in [5.41, 5.74) is 2.40. The number of carbonyl (C=O) groups is 1. The second-order valence-corrected chi connectivity index (χ2v) is 15.8. The van der Waals surface area contributed by atoms with Gasteiger partial charge >= 0.3 is 6.09 Å². The van der Waals surface area contributed by atoms with Gasteiger partial charge in [0.1, 0.15) is 0 Å². The minimum atomic E-state index is -1.93. The van der Waals surface area contributed by atoms with Gasteiger partial charge in [-0.25, -0.2) is 4.79 Å². The highest BCUT2D eigenvalue weighted by atomic mass is 79.9. The molecule has 1 aromatic carbocycles. The van der Waals surface area contributed by atoms with Crippen molar-refractivity contribution in [2.75, 3.05) is 24.6 Å². The van der Waals surface area contributed by atoms with E-state index in [1.54, 1.807) is 4.90 Å². The number of amides is 1. The molecule has 162 valence electrons. The molecule has 1 aromatic rings. The fraction of sp³-hybridized carbons (Fsp3) is 0.667. The number of halogens is 2. The van der Waals surface area contributed by atoms with Gasteiger partial charge in [0.15, 0.2) is 8.32 Å². The molecule has 2 heterocycles. The van der Waals surface area contributed by atoms with E-state index in [1.807, 2.05) is 12.1 Å². The van der Waals surface area contributed by atoms with E-state index in [1.165, 1.54) is 11.3 Å².